The van der Waals surface area contributed by atoms with Gasteiger partial charge in [0.15, 0.2) is 0 Å². The first-order valence-electron chi connectivity index (χ1n) is 7.35. The van der Waals surface area contributed by atoms with Crippen molar-refractivity contribution in [2.75, 3.05) is 31.1 Å². The van der Waals surface area contributed by atoms with Crippen LogP contribution >= 0.6 is 11.3 Å². The van der Waals surface area contributed by atoms with Crippen molar-refractivity contribution in [3.8, 4) is 0 Å². The third-order valence-corrected chi connectivity index (χ3v) is 4.77. The molecule has 1 fully saturated rings. The number of anilines is 1. The van der Waals surface area contributed by atoms with Crippen LogP contribution in [0.3, 0.4) is 0 Å². The Morgan fingerprint density at radius 3 is 2.59 bits per heavy atom. The molecule has 0 aliphatic carbocycles. The van der Waals surface area contributed by atoms with E-state index in [4.69, 9.17) is 0 Å². The highest BCUT2D eigenvalue weighted by molar-refractivity contribution is 7.10. The summed E-state index contributed by atoms with van der Waals surface area (Å²) in [6.45, 7) is 4.88. The van der Waals surface area contributed by atoms with Gasteiger partial charge in [-0.25, -0.2) is 14.8 Å². The van der Waals surface area contributed by atoms with Crippen molar-refractivity contribution in [1.82, 2.24) is 20.2 Å². The van der Waals surface area contributed by atoms with Gasteiger partial charge in [0.25, 0.3) is 0 Å². The number of aromatic nitrogens is 2. The van der Waals surface area contributed by atoms with Crippen LogP contribution in [0.5, 0.6) is 0 Å². The third-order valence-electron chi connectivity index (χ3n) is 3.71. The summed E-state index contributed by atoms with van der Waals surface area (Å²) in [6.07, 6.45) is 3.48. The second kappa shape index (κ2) is 6.74. The lowest BCUT2D eigenvalue weighted by atomic mass is 10.3. The third kappa shape index (κ3) is 3.36. The highest BCUT2D eigenvalue weighted by atomic mass is 32.1. The maximum absolute atomic E-state index is 12.3. The van der Waals surface area contributed by atoms with Gasteiger partial charge in [0.2, 0.25) is 5.95 Å². The average Bonchev–Trinajstić information content (AvgIpc) is 3.10. The molecule has 2 amide bonds. The number of nitrogens with zero attached hydrogens (tertiary/aromatic N) is 4. The molecular weight excluding hydrogens is 298 g/mol. The summed E-state index contributed by atoms with van der Waals surface area (Å²) in [4.78, 5) is 25.9. The van der Waals surface area contributed by atoms with Gasteiger partial charge in [0, 0.05) is 43.4 Å². The molecule has 0 aromatic carbocycles. The van der Waals surface area contributed by atoms with Gasteiger partial charge < -0.3 is 15.1 Å². The van der Waals surface area contributed by atoms with Gasteiger partial charge in [-0.05, 0) is 24.4 Å². The van der Waals surface area contributed by atoms with Crippen molar-refractivity contribution in [2.24, 2.45) is 0 Å². The molecule has 1 atom stereocenters. The first kappa shape index (κ1) is 14.8. The summed E-state index contributed by atoms with van der Waals surface area (Å²) in [6, 6.07) is 5.89. The van der Waals surface area contributed by atoms with Gasteiger partial charge in [0.1, 0.15) is 0 Å². The number of rotatable bonds is 3. The van der Waals surface area contributed by atoms with E-state index in [1.165, 1.54) is 4.88 Å². The number of hydrogen-bond donors (Lipinski definition) is 1. The van der Waals surface area contributed by atoms with Crippen molar-refractivity contribution >= 4 is 23.3 Å². The predicted molar refractivity (Wildman–Crippen MR) is 87.1 cm³/mol. The van der Waals surface area contributed by atoms with E-state index < -0.39 is 0 Å². The van der Waals surface area contributed by atoms with E-state index >= 15 is 0 Å². The van der Waals surface area contributed by atoms with Gasteiger partial charge in [0.05, 0.1) is 6.04 Å². The molecule has 2 aromatic heterocycles. The number of hydrogen-bond acceptors (Lipinski definition) is 5. The molecule has 1 aliphatic rings. The monoisotopic (exact) mass is 317 g/mol. The van der Waals surface area contributed by atoms with Crippen LogP contribution in [0.4, 0.5) is 10.7 Å². The zero-order valence-electron chi connectivity index (χ0n) is 12.5. The smallest absolute Gasteiger partial charge is 0.318 e. The van der Waals surface area contributed by atoms with E-state index in [-0.39, 0.29) is 12.1 Å². The SMILES string of the molecule is CC(NC(=O)N1CCN(c2ncccn2)CC1)c1cccs1. The molecule has 0 bridgehead atoms. The molecule has 0 saturated carbocycles. The van der Waals surface area contributed by atoms with Gasteiger partial charge in [-0.1, -0.05) is 6.07 Å². The molecular formula is C15H19N5OS. The minimum absolute atomic E-state index is 0.00506. The van der Waals surface area contributed by atoms with Crippen LogP contribution in [0.15, 0.2) is 36.0 Å². The molecule has 3 rings (SSSR count). The maximum Gasteiger partial charge on any atom is 0.318 e. The molecule has 1 aliphatic heterocycles. The molecule has 1 N–H and O–H groups in total. The van der Waals surface area contributed by atoms with Crippen LogP contribution in [-0.2, 0) is 0 Å². The summed E-state index contributed by atoms with van der Waals surface area (Å²) in [5.41, 5.74) is 0. The molecule has 6 nitrogen and oxygen atoms in total. The molecule has 116 valence electrons. The summed E-state index contributed by atoms with van der Waals surface area (Å²) >= 11 is 1.66. The molecule has 7 heteroatoms. The Morgan fingerprint density at radius 1 is 1.23 bits per heavy atom. The molecule has 1 saturated heterocycles. The fourth-order valence-electron chi connectivity index (χ4n) is 2.45. The lowest BCUT2D eigenvalue weighted by Gasteiger charge is -2.35. The maximum atomic E-state index is 12.3. The van der Waals surface area contributed by atoms with Crippen LogP contribution in [0.2, 0.25) is 0 Å². The first-order chi connectivity index (χ1) is 10.7. The Kier molecular flexibility index (Phi) is 4.53. The van der Waals surface area contributed by atoms with E-state index in [2.05, 4.69) is 20.2 Å². The Labute approximate surface area is 133 Å². The average molecular weight is 317 g/mol. The number of amides is 2. The summed E-state index contributed by atoms with van der Waals surface area (Å²) < 4.78 is 0. The van der Waals surface area contributed by atoms with E-state index in [1.54, 1.807) is 29.8 Å². The second-order valence-electron chi connectivity index (χ2n) is 5.21. The van der Waals surface area contributed by atoms with E-state index in [0.717, 1.165) is 19.0 Å². The number of urea groups is 1. The number of carbonyl (C=O) groups is 1. The van der Waals surface area contributed by atoms with Gasteiger partial charge in [-0.15, -0.1) is 11.3 Å². The second-order valence-corrected chi connectivity index (χ2v) is 6.19. The topological polar surface area (TPSA) is 61.4 Å². The van der Waals surface area contributed by atoms with Crippen molar-refractivity contribution in [1.29, 1.82) is 0 Å². The van der Waals surface area contributed by atoms with Crippen molar-refractivity contribution < 1.29 is 4.79 Å². The number of thiophene rings is 1. The predicted octanol–water partition coefficient (Wildman–Crippen LogP) is 2.13. The fourth-order valence-corrected chi connectivity index (χ4v) is 3.18. The molecule has 1 unspecified atom stereocenters. The minimum atomic E-state index is -0.00506. The molecule has 2 aromatic rings. The van der Waals surface area contributed by atoms with Crippen molar-refractivity contribution in [2.45, 2.75) is 13.0 Å². The Morgan fingerprint density at radius 2 is 1.95 bits per heavy atom. The zero-order chi connectivity index (χ0) is 15.4. The van der Waals surface area contributed by atoms with E-state index in [1.807, 2.05) is 29.3 Å². The molecule has 0 radical (unpaired) electrons. The molecule has 22 heavy (non-hydrogen) atoms. The summed E-state index contributed by atoms with van der Waals surface area (Å²) in [7, 11) is 0. The number of piperazine rings is 1. The lowest BCUT2D eigenvalue weighted by molar-refractivity contribution is 0.191. The molecule has 0 spiro atoms. The van der Waals surface area contributed by atoms with Gasteiger partial charge >= 0.3 is 6.03 Å². The van der Waals surface area contributed by atoms with Gasteiger partial charge in [-0.3, -0.25) is 0 Å². The lowest BCUT2D eigenvalue weighted by Crippen LogP contribution is -2.52. The highest BCUT2D eigenvalue weighted by Crippen LogP contribution is 2.18. The Bertz CT molecular complexity index is 596. The van der Waals surface area contributed by atoms with Crippen LogP contribution in [0, 0.1) is 0 Å². The quantitative estimate of drug-likeness (QED) is 0.942. The Balaban J connectivity index is 1.52. The number of nitrogens with one attached hydrogen (secondary N) is 1. The summed E-state index contributed by atoms with van der Waals surface area (Å²) in [5.74, 6) is 0.731. The fraction of sp³-hybridized carbons (Fsp3) is 0.400. The molecule has 3 heterocycles. The van der Waals surface area contributed by atoms with Crippen molar-refractivity contribution in [3.05, 3.63) is 40.8 Å². The zero-order valence-corrected chi connectivity index (χ0v) is 13.3. The minimum Gasteiger partial charge on any atom is -0.337 e. The Hall–Kier alpha value is -2.15. The highest BCUT2D eigenvalue weighted by Gasteiger charge is 2.23. The standard InChI is InChI=1S/C15H19N5OS/c1-12(13-4-2-11-22-13)18-15(21)20-9-7-19(8-10-20)14-16-5-3-6-17-14/h2-6,11-12H,7-10H2,1H3,(H,18,21). The van der Waals surface area contributed by atoms with Crippen molar-refractivity contribution in [3.63, 3.8) is 0 Å². The van der Waals surface area contributed by atoms with Gasteiger partial charge in [-0.2, -0.15) is 0 Å². The van der Waals surface area contributed by atoms with Crippen LogP contribution in [0.25, 0.3) is 0 Å². The van der Waals surface area contributed by atoms with Crippen LogP contribution in [-0.4, -0.2) is 47.1 Å². The van der Waals surface area contributed by atoms with Crippen LogP contribution < -0.4 is 10.2 Å². The van der Waals surface area contributed by atoms with Crippen LogP contribution in [0.1, 0.15) is 17.8 Å². The normalized spacial score (nSPS) is 16.4. The number of carbonyl (C=O) groups excluding carboxylic acids is 1. The van der Waals surface area contributed by atoms with E-state index in [0.29, 0.717) is 13.1 Å². The summed E-state index contributed by atoms with van der Waals surface area (Å²) in [5, 5.41) is 5.08. The van der Waals surface area contributed by atoms with E-state index in [9.17, 15) is 4.79 Å². The largest absolute Gasteiger partial charge is 0.337 e. The first-order valence-corrected chi connectivity index (χ1v) is 8.23.